The van der Waals surface area contributed by atoms with Crippen LogP contribution in [0.25, 0.3) is 0 Å². The van der Waals surface area contributed by atoms with Crippen molar-refractivity contribution in [3.8, 4) is 5.75 Å². The van der Waals surface area contributed by atoms with Crippen LogP contribution >= 0.6 is 0 Å². The molecule has 0 bridgehead atoms. The van der Waals surface area contributed by atoms with Crippen molar-refractivity contribution < 1.29 is 24.4 Å². The number of non-ortho nitro benzene ring substituents is 1. The molecule has 0 spiro atoms. The van der Waals surface area contributed by atoms with Crippen molar-refractivity contribution >= 4 is 29.1 Å². The van der Waals surface area contributed by atoms with Gasteiger partial charge in [0.1, 0.15) is 5.75 Å². The number of nitrogens with one attached hydrogen (secondary N) is 1. The molecule has 154 valence electrons. The van der Waals surface area contributed by atoms with Gasteiger partial charge in [-0.25, -0.2) is 0 Å². The number of carbonyl (C=O) groups is 3. The number of carbonyl (C=O) groups excluding carboxylic acids is 3. The summed E-state index contributed by atoms with van der Waals surface area (Å²) in [4.78, 5) is 49.2. The van der Waals surface area contributed by atoms with Crippen LogP contribution in [0, 0.1) is 10.1 Å². The predicted octanol–water partition coefficient (Wildman–Crippen LogP) is 3.35. The quantitative estimate of drug-likeness (QED) is 0.283. The number of hydrogen-bond acceptors (Lipinski definition) is 6. The van der Waals surface area contributed by atoms with Crippen molar-refractivity contribution in [3.05, 3.63) is 99.1 Å². The van der Waals surface area contributed by atoms with Crippen LogP contribution in [0.4, 0.5) is 11.4 Å². The van der Waals surface area contributed by atoms with E-state index in [0.29, 0.717) is 0 Å². The van der Waals surface area contributed by atoms with Crippen LogP contribution in [0.2, 0.25) is 0 Å². The molecule has 9 nitrogen and oxygen atoms in total. The number of phenols is 1. The van der Waals surface area contributed by atoms with Gasteiger partial charge in [0.05, 0.1) is 34.3 Å². The molecule has 0 aromatic heterocycles. The summed E-state index contributed by atoms with van der Waals surface area (Å²) in [6, 6.07) is 16.4. The highest BCUT2D eigenvalue weighted by molar-refractivity contribution is 6.22. The van der Waals surface area contributed by atoms with Crippen LogP contribution in [-0.4, -0.2) is 32.7 Å². The molecule has 0 aliphatic carbocycles. The average molecular weight is 417 g/mol. The van der Waals surface area contributed by atoms with Gasteiger partial charge in [0, 0.05) is 11.6 Å². The van der Waals surface area contributed by atoms with Crippen molar-refractivity contribution in [2.24, 2.45) is 0 Å². The topological polar surface area (TPSA) is 130 Å². The Bertz CT molecular complexity index is 1240. The van der Waals surface area contributed by atoms with E-state index < -0.39 is 28.4 Å². The second-order valence-corrected chi connectivity index (χ2v) is 6.86. The van der Waals surface area contributed by atoms with Crippen molar-refractivity contribution in [1.82, 2.24) is 4.90 Å². The lowest BCUT2D eigenvalue weighted by Crippen LogP contribution is -2.29. The highest BCUT2D eigenvalue weighted by Crippen LogP contribution is 2.29. The summed E-state index contributed by atoms with van der Waals surface area (Å²) in [5, 5.41) is 23.1. The Hall–Kier alpha value is -4.53. The first-order valence-electron chi connectivity index (χ1n) is 9.18. The summed E-state index contributed by atoms with van der Waals surface area (Å²) in [5.41, 5.74) is 0.861. The first-order valence-corrected chi connectivity index (χ1v) is 9.18. The summed E-state index contributed by atoms with van der Waals surface area (Å²) in [6.07, 6.45) is 0. The van der Waals surface area contributed by atoms with Crippen molar-refractivity contribution in [3.63, 3.8) is 0 Å². The van der Waals surface area contributed by atoms with E-state index in [1.165, 1.54) is 24.3 Å². The van der Waals surface area contributed by atoms with E-state index in [4.69, 9.17) is 0 Å². The molecule has 1 aliphatic rings. The van der Waals surface area contributed by atoms with E-state index in [0.717, 1.165) is 22.6 Å². The molecule has 4 rings (SSSR count). The van der Waals surface area contributed by atoms with E-state index >= 15 is 0 Å². The number of fused-ring (bicyclic) bond motifs is 1. The maximum atomic E-state index is 12.8. The molecule has 31 heavy (non-hydrogen) atoms. The molecule has 2 N–H and O–H groups in total. The molecular formula is C22H15N3O6. The van der Waals surface area contributed by atoms with E-state index in [2.05, 4.69) is 5.32 Å². The maximum absolute atomic E-state index is 12.8. The highest BCUT2D eigenvalue weighted by atomic mass is 16.6. The number of benzene rings is 3. The molecule has 3 aromatic rings. The van der Waals surface area contributed by atoms with Gasteiger partial charge in [0.15, 0.2) is 0 Å². The SMILES string of the molecule is O=C(Nc1ccc([N+](=O)[O-])cc1O)c1ccc2c(c1)C(=O)N(Cc1ccccc1)C2=O. The maximum Gasteiger partial charge on any atom is 0.273 e. The van der Waals surface area contributed by atoms with Crippen LogP contribution < -0.4 is 5.32 Å². The third-order valence-electron chi connectivity index (χ3n) is 4.86. The van der Waals surface area contributed by atoms with E-state index in [-0.39, 0.29) is 34.6 Å². The fourth-order valence-electron chi connectivity index (χ4n) is 3.28. The van der Waals surface area contributed by atoms with Crippen molar-refractivity contribution in [1.29, 1.82) is 0 Å². The molecule has 0 radical (unpaired) electrons. The molecule has 1 aliphatic heterocycles. The summed E-state index contributed by atoms with van der Waals surface area (Å²) in [5.74, 6) is -2.06. The Morgan fingerprint density at radius 3 is 2.35 bits per heavy atom. The van der Waals surface area contributed by atoms with E-state index in [9.17, 15) is 29.6 Å². The number of nitrogens with zero attached hydrogens (tertiary/aromatic N) is 2. The first kappa shape index (κ1) is 19.8. The van der Waals surface area contributed by atoms with Crippen LogP contribution in [-0.2, 0) is 6.54 Å². The van der Waals surface area contributed by atoms with Crippen molar-refractivity contribution in [2.45, 2.75) is 6.54 Å². The van der Waals surface area contributed by atoms with Gasteiger partial charge in [0.2, 0.25) is 0 Å². The highest BCUT2D eigenvalue weighted by Gasteiger charge is 2.36. The number of aromatic hydroxyl groups is 1. The lowest BCUT2D eigenvalue weighted by molar-refractivity contribution is -0.384. The lowest BCUT2D eigenvalue weighted by atomic mass is 10.1. The molecule has 0 unspecified atom stereocenters. The Morgan fingerprint density at radius 2 is 1.68 bits per heavy atom. The molecule has 0 saturated heterocycles. The molecular weight excluding hydrogens is 402 g/mol. The number of phenolic OH excluding ortho intramolecular Hbond substituents is 1. The standard InChI is InChI=1S/C22H15N3O6/c26-19-11-15(25(30)31)7-9-18(19)23-20(27)14-6-8-16-17(10-14)22(29)24(21(16)28)12-13-4-2-1-3-5-13/h1-11,26H,12H2,(H,23,27). The van der Waals surface area contributed by atoms with Crippen LogP contribution in [0.5, 0.6) is 5.75 Å². The third kappa shape index (κ3) is 3.71. The third-order valence-corrected chi connectivity index (χ3v) is 4.86. The minimum Gasteiger partial charge on any atom is -0.506 e. The van der Waals surface area contributed by atoms with Gasteiger partial charge in [0.25, 0.3) is 23.4 Å². The largest absolute Gasteiger partial charge is 0.506 e. The summed E-state index contributed by atoms with van der Waals surface area (Å²) in [6.45, 7) is 0.116. The normalized spacial score (nSPS) is 12.6. The second kappa shape index (κ2) is 7.71. The van der Waals surface area contributed by atoms with Crippen LogP contribution in [0.3, 0.4) is 0 Å². The second-order valence-electron chi connectivity index (χ2n) is 6.86. The zero-order chi connectivity index (χ0) is 22.1. The summed E-state index contributed by atoms with van der Waals surface area (Å²) < 4.78 is 0. The van der Waals surface area contributed by atoms with E-state index in [1.54, 1.807) is 12.1 Å². The lowest BCUT2D eigenvalue weighted by Gasteiger charge is -2.13. The fraction of sp³-hybridized carbons (Fsp3) is 0.0455. The van der Waals surface area contributed by atoms with Gasteiger partial charge in [-0.05, 0) is 29.8 Å². The molecule has 0 saturated carbocycles. The zero-order valence-electron chi connectivity index (χ0n) is 15.9. The molecule has 9 heteroatoms. The molecule has 0 fully saturated rings. The Morgan fingerprint density at radius 1 is 0.968 bits per heavy atom. The first-order chi connectivity index (χ1) is 14.8. The zero-order valence-corrected chi connectivity index (χ0v) is 15.9. The Labute approximate surface area is 175 Å². The smallest absolute Gasteiger partial charge is 0.273 e. The van der Waals surface area contributed by atoms with Gasteiger partial charge in [-0.2, -0.15) is 0 Å². The number of nitro benzene ring substituents is 1. The summed E-state index contributed by atoms with van der Waals surface area (Å²) >= 11 is 0. The van der Waals surface area contributed by atoms with Gasteiger partial charge in [-0.1, -0.05) is 30.3 Å². The number of hydrogen-bond donors (Lipinski definition) is 2. The Kier molecular flexibility index (Phi) is 4.92. The molecule has 3 aromatic carbocycles. The van der Waals surface area contributed by atoms with Gasteiger partial charge >= 0.3 is 0 Å². The molecule has 0 atom stereocenters. The Balaban J connectivity index is 1.56. The van der Waals surface area contributed by atoms with Gasteiger partial charge in [-0.3, -0.25) is 29.4 Å². The van der Waals surface area contributed by atoms with Gasteiger partial charge in [-0.15, -0.1) is 0 Å². The molecule has 3 amide bonds. The monoisotopic (exact) mass is 417 g/mol. The van der Waals surface area contributed by atoms with Gasteiger partial charge < -0.3 is 10.4 Å². The van der Waals surface area contributed by atoms with Crippen molar-refractivity contribution in [2.75, 3.05) is 5.32 Å². The summed E-state index contributed by atoms with van der Waals surface area (Å²) in [7, 11) is 0. The number of anilines is 1. The fourth-order valence-corrected chi connectivity index (χ4v) is 3.28. The number of rotatable bonds is 5. The van der Waals surface area contributed by atoms with E-state index in [1.807, 2.05) is 18.2 Å². The minimum atomic E-state index is -0.671. The number of nitro groups is 1. The minimum absolute atomic E-state index is 0.0239. The van der Waals surface area contributed by atoms with Crippen LogP contribution in [0.1, 0.15) is 36.6 Å². The molecule has 1 heterocycles. The number of amides is 3. The number of imide groups is 1. The average Bonchev–Trinajstić information content (AvgIpc) is 3.00. The predicted molar refractivity (Wildman–Crippen MR) is 110 cm³/mol. The van der Waals surface area contributed by atoms with Crippen LogP contribution in [0.15, 0.2) is 66.7 Å².